The van der Waals surface area contributed by atoms with Gasteiger partial charge in [0.2, 0.25) is 0 Å². The molecule has 1 N–H and O–H groups in total. The number of ether oxygens (including phenoxy) is 3. The molecule has 0 aromatic heterocycles. The Kier molecular flexibility index (Phi) is 4.90. The second kappa shape index (κ2) is 7.87. The molecule has 1 amide bonds. The van der Waals surface area contributed by atoms with Gasteiger partial charge in [0.1, 0.15) is 25.1 Å². The van der Waals surface area contributed by atoms with E-state index in [1.165, 1.54) is 0 Å². The molecule has 2 aliphatic heterocycles. The number of fused-ring (bicyclic) bond motifs is 2. The first-order chi connectivity index (χ1) is 15.1. The number of carbonyl (C=O) groups excluding carboxylic acids is 1. The Hall–Kier alpha value is -3.67. The Morgan fingerprint density at radius 3 is 2.55 bits per heavy atom. The van der Waals surface area contributed by atoms with Crippen molar-refractivity contribution in [1.82, 2.24) is 0 Å². The molecule has 0 fully saturated rings. The number of para-hydroxylation sites is 2. The third kappa shape index (κ3) is 3.54. The van der Waals surface area contributed by atoms with E-state index in [0.29, 0.717) is 30.3 Å². The van der Waals surface area contributed by atoms with Crippen molar-refractivity contribution in [1.29, 1.82) is 0 Å². The van der Waals surface area contributed by atoms with Crippen molar-refractivity contribution in [2.75, 3.05) is 23.4 Å². The Labute approximate surface area is 181 Å². The smallest absolute Gasteiger partial charge is 0.262 e. The summed E-state index contributed by atoms with van der Waals surface area (Å²) >= 11 is 0. The molecule has 6 heteroatoms. The molecular formula is C25H24N2O4. The molecule has 0 aliphatic carbocycles. The molecule has 5 rings (SSSR count). The minimum atomic E-state index is -0.445. The van der Waals surface area contributed by atoms with E-state index in [9.17, 15) is 4.79 Å². The third-order valence-corrected chi connectivity index (χ3v) is 5.31. The molecule has 0 saturated carbocycles. The zero-order valence-electron chi connectivity index (χ0n) is 17.5. The van der Waals surface area contributed by atoms with Crippen molar-refractivity contribution in [3.05, 3.63) is 77.9 Å². The minimum absolute atomic E-state index is 0.00970. The summed E-state index contributed by atoms with van der Waals surface area (Å²) in [5.41, 5.74) is 3.02. The van der Waals surface area contributed by atoms with Crippen molar-refractivity contribution in [2.45, 2.75) is 26.1 Å². The lowest BCUT2D eigenvalue weighted by atomic mass is 10.0. The average molecular weight is 416 g/mol. The van der Waals surface area contributed by atoms with E-state index in [2.05, 4.69) is 5.32 Å². The number of rotatable bonds is 4. The molecule has 31 heavy (non-hydrogen) atoms. The molecule has 3 aromatic carbocycles. The number of nitrogens with zero attached hydrogens (tertiary/aromatic N) is 1. The number of amides is 1. The monoisotopic (exact) mass is 416 g/mol. The third-order valence-electron chi connectivity index (χ3n) is 5.31. The Bertz CT molecular complexity index is 1130. The highest BCUT2D eigenvalue weighted by Gasteiger charge is 2.36. The Balaban J connectivity index is 1.64. The number of anilines is 2. The van der Waals surface area contributed by atoms with E-state index in [4.69, 9.17) is 14.2 Å². The molecule has 0 bridgehead atoms. The fourth-order valence-electron chi connectivity index (χ4n) is 3.99. The van der Waals surface area contributed by atoms with Crippen molar-refractivity contribution >= 4 is 17.3 Å². The second-order valence-electron chi connectivity index (χ2n) is 7.80. The van der Waals surface area contributed by atoms with Crippen LogP contribution in [0.4, 0.5) is 11.4 Å². The van der Waals surface area contributed by atoms with E-state index in [1.54, 1.807) is 4.90 Å². The Morgan fingerprint density at radius 2 is 1.71 bits per heavy atom. The lowest BCUT2D eigenvalue weighted by Crippen LogP contribution is -2.43. The van der Waals surface area contributed by atoms with Crippen LogP contribution in [-0.4, -0.2) is 25.2 Å². The molecule has 2 heterocycles. The summed E-state index contributed by atoms with van der Waals surface area (Å²) in [4.78, 5) is 15.4. The maximum Gasteiger partial charge on any atom is 0.262 e. The van der Waals surface area contributed by atoms with Gasteiger partial charge >= 0.3 is 0 Å². The molecule has 158 valence electrons. The van der Waals surface area contributed by atoms with Gasteiger partial charge in [-0.15, -0.1) is 0 Å². The quantitative estimate of drug-likeness (QED) is 0.647. The summed E-state index contributed by atoms with van der Waals surface area (Å²) in [5.74, 6) is 1.98. The summed E-state index contributed by atoms with van der Waals surface area (Å²) in [5, 5.41) is 3.54. The van der Waals surface area contributed by atoms with Crippen LogP contribution >= 0.6 is 0 Å². The molecule has 1 atom stereocenters. The van der Waals surface area contributed by atoms with Gasteiger partial charge in [-0.3, -0.25) is 9.69 Å². The van der Waals surface area contributed by atoms with Gasteiger partial charge in [-0.25, -0.2) is 0 Å². The molecule has 3 aromatic rings. The fourth-order valence-corrected chi connectivity index (χ4v) is 3.99. The molecule has 6 nitrogen and oxygen atoms in total. The molecule has 2 aliphatic rings. The highest BCUT2D eigenvalue weighted by atomic mass is 16.6. The summed E-state index contributed by atoms with van der Waals surface area (Å²) in [6.45, 7) is 4.99. The predicted molar refractivity (Wildman–Crippen MR) is 119 cm³/mol. The molecule has 0 unspecified atom stereocenters. The first kappa shape index (κ1) is 19.3. The second-order valence-corrected chi connectivity index (χ2v) is 7.80. The van der Waals surface area contributed by atoms with Crippen LogP contribution in [0.5, 0.6) is 17.2 Å². The van der Waals surface area contributed by atoms with E-state index >= 15 is 0 Å². The maximum absolute atomic E-state index is 13.7. The highest BCUT2D eigenvalue weighted by Crippen LogP contribution is 2.42. The van der Waals surface area contributed by atoms with E-state index in [1.807, 2.05) is 80.6 Å². The summed E-state index contributed by atoms with van der Waals surface area (Å²) in [7, 11) is 0. The number of hydrogen-bond donors (Lipinski definition) is 1. The van der Waals surface area contributed by atoms with Crippen LogP contribution in [0.15, 0.2) is 66.7 Å². The van der Waals surface area contributed by atoms with Crippen LogP contribution in [0.3, 0.4) is 0 Å². The summed E-state index contributed by atoms with van der Waals surface area (Å²) in [6, 6.07) is 21.0. The number of benzene rings is 3. The zero-order chi connectivity index (χ0) is 21.4. The Morgan fingerprint density at radius 1 is 0.968 bits per heavy atom. The van der Waals surface area contributed by atoms with Gasteiger partial charge in [-0.05, 0) is 44.2 Å². The van der Waals surface area contributed by atoms with Gasteiger partial charge in [0.05, 0.1) is 17.4 Å². The van der Waals surface area contributed by atoms with Gasteiger partial charge < -0.3 is 19.5 Å². The van der Waals surface area contributed by atoms with Crippen molar-refractivity contribution in [2.24, 2.45) is 0 Å². The van der Waals surface area contributed by atoms with Crippen LogP contribution in [-0.2, 0) is 0 Å². The van der Waals surface area contributed by atoms with E-state index in [-0.39, 0.29) is 12.0 Å². The minimum Gasteiger partial charge on any atom is -0.491 e. The lowest BCUT2D eigenvalue weighted by molar-refractivity contribution is 0.0974. The van der Waals surface area contributed by atoms with E-state index < -0.39 is 6.17 Å². The molecule has 0 spiro atoms. The van der Waals surface area contributed by atoms with Crippen LogP contribution in [0.1, 0.15) is 35.9 Å². The standard InChI is InChI=1S/C25H24N2O4/c1-16(2)31-21-10-6-4-8-19(21)24-26-20-9-5-3-7-18(20)25(28)27(24)17-11-12-22-23(15-17)30-14-13-29-22/h3-12,15-16,24,26H,13-14H2,1-2H3/t24-/m0/s1. The lowest BCUT2D eigenvalue weighted by Gasteiger charge is -2.39. The molecule has 0 radical (unpaired) electrons. The van der Waals surface area contributed by atoms with Gasteiger partial charge in [-0.2, -0.15) is 0 Å². The van der Waals surface area contributed by atoms with Gasteiger partial charge in [0.15, 0.2) is 11.5 Å². The molecule has 0 saturated heterocycles. The number of carbonyl (C=O) groups is 1. The number of nitrogens with one attached hydrogen (secondary N) is 1. The first-order valence-corrected chi connectivity index (χ1v) is 10.5. The van der Waals surface area contributed by atoms with Gasteiger partial charge in [-0.1, -0.05) is 30.3 Å². The van der Waals surface area contributed by atoms with Crippen molar-refractivity contribution in [3.8, 4) is 17.2 Å². The summed E-state index contributed by atoms with van der Waals surface area (Å²) in [6.07, 6.45) is -0.435. The van der Waals surface area contributed by atoms with Gasteiger partial charge in [0.25, 0.3) is 5.91 Å². The topological polar surface area (TPSA) is 60.0 Å². The first-order valence-electron chi connectivity index (χ1n) is 10.5. The maximum atomic E-state index is 13.7. The van der Waals surface area contributed by atoms with Crippen LogP contribution < -0.4 is 24.4 Å². The largest absolute Gasteiger partial charge is 0.491 e. The fraction of sp³-hybridized carbons (Fsp3) is 0.240. The number of hydrogen-bond acceptors (Lipinski definition) is 5. The van der Waals surface area contributed by atoms with Crippen LogP contribution in [0, 0.1) is 0 Å². The normalized spacial score (nSPS) is 17.2. The van der Waals surface area contributed by atoms with Crippen molar-refractivity contribution < 1.29 is 19.0 Å². The summed E-state index contributed by atoms with van der Waals surface area (Å²) < 4.78 is 17.5. The van der Waals surface area contributed by atoms with E-state index in [0.717, 1.165) is 22.7 Å². The highest BCUT2D eigenvalue weighted by molar-refractivity contribution is 6.12. The van der Waals surface area contributed by atoms with Gasteiger partial charge in [0, 0.05) is 17.3 Å². The molecular weight excluding hydrogens is 392 g/mol. The SMILES string of the molecule is CC(C)Oc1ccccc1[C@H]1Nc2ccccc2C(=O)N1c1ccc2c(c1)OCCO2. The van der Waals surface area contributed by atoms with Crippen LogP contribution in [0.2, 0.25) is 0 Å². The average Bonchev–Trinajstić information content (AvgIpc) is 2.79. The van der Waals surface area contributed by atoms with Crippen LogP contribution in [0.25, 0.3) is 0 Å². The van der Waals surface area contributed by atoms with Crippen molar-refractivity contribution in [3.63, 3.8) is 0 Å². The predicted octanol–water partition coefficient (Wildman–Crippen LogP) is 5.02. The zero-order valence-corrected chi connectivity index (χ0v) is 17.5.